The highest BCUT2D eigenvalue weighted by Gasteiger charge is 2.35. The van der Waals surface area contributed by atoms with Crippen LogP contribution < -0.4 is 10.6 Å². The van der Waals surface area contributed by atoms with Crippen molar-refractivity contribution in [2.45, 2.75) is 58.6 Å². The first-order chi connectivity index (χ1) is 10.3. The van der Waals surface area contributed by atoms with Crippen molar-refractivity contribution in [3.05, 3.63) is 16.1 Å². The van der Waals surface area contributed by atoms with E-state index in [-0.39, 0.29) is 24.5 Å². The summed E-state index contributed by atoms with van der Waals surface area (Å²) in [5.74, 6) is 0.625. The number of carbonyl (C=O) groups is 1. The van der Waals surface area contributed by atoms with E-state index in [1.165, 1.54) is 0 Å². The van der Waals surface area contributed by atoms with Crippen LogP contribution in [0.3, 0.4) is 0 Å². The first kappa shape index (κ1) is 17.2. The van der Waals surface area contributed by atoms with Crippen molar-refractivity contribution in [2.75, 3.05) is 6.54 Å². The first-order valence-electron chi connectivity index (χ1n) is 8.02. The first-order valence-corrected chi connectivity index (χ1v) is 8.84. The van der Waals surface area contributed by atoms with E-state index in [1.807, 2.05) is 27.0 Å². The zero-order valence-electron chi connectivity index (χ0n) is 13.8. The topological polar surface area (TPSA) is 74.2 Å². The van der Waals surface area contributed by atoms with E-state index in [4.69, 9.17) is 0 Å². The molecule has 124 valence electrons. The van der Waals surface area contributed by atoms with Gasteiger partial charge in [-0.1, -0.05) is 20.3 Å². The molecule has 1 aromatic rings. The fourth-order valence-electron chi connectivity index (χ4n) is 2.39. The molecule has 0 bridgehead atoms. The largest absolute Gasteiger partial charge is 0.388 e. The van der Waals surface area contributed by atoms with Gasteiger partial charge in [-0.3, -0.25) is 0 Å². The lowest BCUT2D eigenvalue weighted by atomic mass is 9.89. The molecule has 1 saturated carbocycles. The number of aryl methyl sites for hydroxylation is 1. The Bertz CT molecular complexity index is 511. The monoisotopic (exact) mass is 325 g/mol. The van der Waals surface area contributed by atoms with Crippen LogP contribution in [0.5, 0.6) is 0 Å². The summed E-state index contributed by atoms with van der Waals surface area (Å²) in [6.45, 7) is 8.07. The van der Waals surface area contributed by atoms with Crippen molar-refractivity contribution in [1.29, 1.82) is 0 Å². The third-order valence-electron chi connectivity index (χ3n) is 4.57. The molecule has 0 radical (unpaired) electrons. The number of nitrogens with zero attached hydrogens (tertiary/aromatic N) is 1. The normalized spacial score (nSPS) is 20.0. The lowest BCUT2D eigenvalue weighted by Gasteiger charge is -2.30. The predicted octanol–water partition coefficient (Wildman–Crippen LogP) is 3.00. The number of hydrogen-bond acceptors (Lipinski definition) is 4. The molecule has 2 amide bonds. The minimum absolute atomic E-state index is 0.00718. The van der Waals surface area contributed by atoms with Crippen LogP contribution in [0, 0.1) is 18.8 Å². The van der Waals surface area contributed by atoms with Crippen LogP contribution in [0.1, 0.15) is 56.0 Å². The van der Waals surface area contributed by atoms with E-state index in [9.17, 15) is 9.90 Å². The van der Waals surface area contributed by atoms with Crippen molar-refractivity contribution in [3.8, 4) is 0 Å². The van der Waals surface area contributed by atoms with Crippen molar-refractivity contribution in [2.24, 2.45) is 11.8 Å². The summed E-state index contributed by atoms with van der Waals surface area (Å²) in [5, 5.41) is 17.2. The van der Waals surface area contributed by atoms with E-state index in [0.717, 1.165) is 29.1 Å². The van der Waals surface area contributed by atoms with Gasteiger partial charge in [-0.25, -0.2) is 9.78 Å². The van der Waals surface area contributed by atoms with Gasteiger partial charge >= 0.3 is 6.03 Å². The van der Waals surface area contributed by atoms with Crippen molar-refractivity contribution >= 4 is 17.4 Å². The lowest BCUT2D eigenvalue weighted by Crippen LogP contribution is -2.48. The molecule has 1 fully saturated rings. The molecule has 3 atom stereocenters. The highest BCUT2D eigenvalue weighted by atomic mass is 32.1. The molecular weight excluding hydrogens is 298 g/mol. The van der Waals surface area contributed by atoms with Crippen LogP contribution >= 0.6 is 11.3 Å². The number of amides is 2. The molecule has 0 saturated heterocycles. The zero-order valence-corrected chi connectivity index (χ0v) is 14.7. The Morgan fingerprint density at radius 2 is 2.27 bits per heavy atom. The maximum absolute atomic E-state index is 12.2. The summed E-state index contributed by atoms with van der Waals surface area (Å²) in [6.07, 6.45) is 4.99. The number of urea groups is 1. The number of carbonyl (C=O) groups excluding carboxylic acids is 1. The molecule has 1 heterocycles. The van der Waals surface area contributed by atoms with Gasteiger partial charge in [-0.05, 0) is 38.5 Å². The standard InChI is InChI=1S/C16H27N3O2S/c1-5-10(2)16(4,21)9-18-15(20)19-13(12-6-7-12)14-17-8-11(3)22-14/h8,10,12-13,21H,5-7,9H2,1-4H3,(H2,18,19,20). The summed E-state index contributed by atoms with van der Waals surface area (Å²) < 4.78 is 0. The van der Waals surface area contributed by atoms with Gasteiger partial charge in [0, 0.05) is 17.6 Å². The van der Waals surface area contributed by atoms with Gasteiger partial charge in [0.2, 0.25) is 0 Å². The molecule has 6 heteroatoms. The number of aromatic nitrogens is 1. The van der Waals surface area contributed by atoms with Gasteiger partial charge in [0.15, 0.2) is 0 Å². The Morgan fingerprint density at radius 1 is 1.59 bits per heavy atom. The molecule has 0 aliphatic heterocycles. The maximum atomic E-state index is 12.2. The average Bonchev–Trinajstić information content (AvgIpc) is 3.23. The van der Waals surface area contributed by atoms with Crippen LogP contribution in [0.2, 0.25) is 0 Å². The van der Waals surface area contributed by atoms with Crippen LogP contribution in [-0.4, -0.2) is 28.3 Å². The number of thiazole rings is 1. The van der Waals surface area contributed by atoms with Crippen LogP contribution in [-0.2, 0) is 0 Å². The Morgan fingerprint density at radius 3 is 2.77 bits per heavy atom. The molecule has 1 aliphatic carbocycles. The second-order valence-corrected chi connectivity index (χ2v) is 7.88. The Kier molecular flexibility index (Phi) is 5.45. The fraction of sp³-hybridized carbons (Fsp3) is 0.750. The molecule has 22 heavy (non-hydrogen) atoms. The average molecular weight is 325 g/mol. The minimum Gasteiger partial charge on any atom is -0.388 e. The molecular formula is C16H27N3O2S. The number of rotatable bonds is 7. The summed E-state index contributed by atoms with van der Waals surface area (Å²) in [7, 11) is 0. The van der Waals surface area contributed by atoms with Crippen molar-refractivity contribution in [1.82, 2.24) is 15.6 Å². The van der Waals surface area contributed by atoms with Crippen molar-refractivity contribution < 1.29 is 9.90 Å². The summed E-state index contributed by atoms with van der Waals surface area (Å²) in [5.41, 5.74) is -0.890. The van der Waals surface area contributed by atoms with Gasteiger partial charge in [-0.2, -0.15) is 0 Å². The quantitative estimate of drug-likeness (QED) is 0.721. The summed E-state index contributed by atoms with van der Waals surface area (Å²) in [6, 6.07) is -0.236. The maximum Gasteiger partial charge on any atom is 0.315 e. The van der Waals surface area contributed by atoms with Gasteiger partial charge in [-0.15, -0.1) is 11.3 Å². The smallest absolute Gasteiger partial charge is 0.315 e. The van der Waals surface area contributed by atoms with Gasteiger partial charge in [0.1, 0.15) is 5.01 Å². The van der Waals surface area contributed by atoms with E-state index < -0.39 is 5.60 Å². The predicted molar refractivity (Wildman–Crippen MR) is 88.9 cm³/mol. The number of hydrogen-bond donors (Lipinski definition) is 3. The second kappa shape index (κ2) is 6.96. The van der Waals surface area contributed by atoms with E-state index in [1.54, 1.807) is 18.3 Å². The molecule has 0 aromatic carbocycles. The van der Waals surface area contributed by atoms with Crippen LogP contribution in [0.25, 0.3) is 0 Å². The number of nitrogens with one attached hydrogen (secondary N) is 2. The van der Waals surface area contributed by atoms with Gasteiger partial charge in [0.05, 0.1) is 11.6 Å². The molecule has 3 unspecified atom stereocenters. The Labute approximate surface area is 136 Å². The van der Waals surface area contributed by atoms with Crippen molar-refractivity contribution in [3.63, 3.8) is 0 Å². The SMILES string of the molecule is CCC(C)C(C)(O)CNC(=O)NC(c1ncc(C)s1)C1CC1. The lowest BCUT2D eigenvalue weighted by molar-refractivity contribution is 0.00782. The van der Waals surface area contributed by atoms with Crippen LogP contribution in [0.15, 0.2) is 6.20 Å². The molecule has 3 N–H and O–H groups in total. The molecule has 1 aromatic heterocycles. The highest BCUT2D eigenvalue weighted by Crippen LogP contribution is 2.41. The summed E-state index contributed by atoms with van der Waals surface area (Å²) in [4.78, 5) is 17.7. The molecule has 2 rings (SSSR count). The Hall–Kier alpha value is -1.14. The molecule has 1 aliphatic rings. The fourth-order valence-corrected chi connectivity index (χ4v) is 3.31. The highest BCUT2D eigenvalue weighted by molar-refractivity contribution is 7.11. The third-order valence-corrected chi connectivity index (χ3v) is 5.56. The minimum atomic E-state index is -0.890. The third kappa shape index (κ3) is 4.43. The number of aliphatic hydroxyl groups is 1. The van der Waals surface area contributed by atoms with E-state index in [2.05, 4.69) is 15.6 Å². The van der Waals surface area contributed by atoms with E-state index in [0.29, 0.717) is 5.92 Å². The van der Waals surface area contributed by atoms with Gasteiger partial charge in [0.25, 0.3) is 0 Å². The van der Waals surface area contributed by atoms with Crippen LogP contribution in [0.4, 0.5) is 4.79 Å². The van der Waals surface area contributed by atoms with Gasteiger partial charge < -0.3 is 15.7 Å². The zero-order chi connectivity index (χ0) is 16.3. The van der Waals surface area contributed by atoms with E-state index >= 15 is 0 Å². The Balaban J connectivity index is 1.90. The summed E-state index contributed by atoms with van der Waals surface area (Å²) >= 11 is 1.64. The second-order valence-electron chi connectivity index (χ2n) is 6.62. The molecule has 5 nitrogen and oxygen atoms in total. The molecule has 0 spiro atoms.